The van der Waals surface area contributed by atoms with E-state index in [0.717, 1.165) is 12.5 Å². The molecule has 1 fully saturated rings. The number of quaternary nitrogens is 1. The average molecular weight is 188 g/mol. The fourth-order valence-corrected chi connectivity index (χ4v) is 1.45. The number of hydrogen-bond donors (Lipinski definition) is 1. The van der Waals surface area contributed by atoms with E-state index >= 15 is 0 Å². The Morgan fingerprint density at radius 3 is 2.15 bits per heavy atom. The molecule has 0 heterocycles. The Morgan fingerprint density at radius 1 is 1.08 bits per heavy atom. The first kappa shape index (κ1) is 8.56. The number of hydrogen-bond acceptors (Lipinski definition) is 0. The second-order valence-corrected chi connectivity index (χ2v) is 3.39. The topological polar surface area (TPSA) is 27.6 Å². The van der Waals surface area contributed by atoms with E-state index < -0.39 is 17.5 Å². The first-order valence-corrected chi connectivity index (χ1v) is 4.07. The van der Waals surface area contributed by atoms with Gasteiger partial charge in [0.15, 0.2) is 11.6 Å². The summed E-state index contributed by atoms with van der Waals surface area (Å²) in [4.78, 5) is 0. The molecule has 2 rings (SSSR count). The molecule has 0 amide bonds. The Morgan fingerprint density at radius 2 is 1.62 bits per heavy atom. The van der Waals surface area contributed by atoms with Crippen molar-refractivity contribution in [3.8, 4) is 0 Å². The Balaban J connectivity index is 2.41. The minimum absolute atomic E-state index is 0.0323. The molecule has 0 aliphatic heterocycles. The Hall–Kier alpha value is -1.03. The van der Waals surface area contributed by atoms with Crippen LogP contribution >= 0.6 is 0 Å². The molecule has 4 heteroatoms. The Kier molecular flexibility index (Phi) is 1.80. The van der Waals surface area contributed by atoms with Gasteiger partial charge in [0.1, 0.15) is 5.82 Å². The van der Waals surface area contributed by atoms with Crippen LogP contribution in [0.3, 0.4) is 0 Å². The Labute approximate surface area is 73.4 Å². The van der Waals surface area contributed by atoms with Crippen molar-refractivity contribution in [1.82, 2.24) is 0 Å². The number of halogens is 3. The summed E-state index contributed by atoms with van der Waals surface area (Å²) in [6, 6.07) is 1.66. The molecule has 0 aromatic heterocycles. The zero-order valence-electron chi connectivity index (χ0n) is 6.86. The molecule has 1 aliphatic carbocycles. The quantitative estimate of drug-likeness (QED) is 0.641. The first-order chi connectivity index (χ1) is 6.09. The lowest BCUT2D eigenvalue weighted by Gasteiger charge is -2.00. The minimum Gasteiger partial charge on any atom is -0.355 e. The average Bonchev–Trinajstić information content (AvgIpc) is 2.75. The van der Waals surface area contributed by atoms with Crippen LogP contribution in [0.2, 0.25) is 0 Å². The van der Waals surface area contributed by atoms with Crippen molar-refractivity contribution < 1.29 is 18.9 Å². The summed E-state index contributed by atoms with van der Waals surface area (Å²) in [5.74, 6) is -2.83. The van der Waals surface area contributed by atoms with Crippen LogP contribution in [-0.4, -0.2) is 6.04 Å². The van der Waals surface area contributed by atoms with E-state index in [9.17, 15) is 13.2 Å². The maximum absolute atomic E-state index is 13.1. The fourth-order valence-electron chi connectivity index (χ4n) is 1.45. The van der Waals surface area contributed by atoms with Crippen molar-refractivity contribution in [2.45, 2.75) is 18.4 Å². The van der Waals surface area contributed by atoms with Crippen molar-refractivity contribution in [3.63, 3.8) is 0 Å². The van der Waals surface area contributed by atoms with Gasteiger partial charge >= 0.3 is 0 Å². The molecular weight excluding hydrogens is 179 g/mol. The van der Waals surface area contributed by atoms with Crippen LogP contribution < -0.4 is 5.73 Å². The van der Waals surface area contributed by atoms with Crippen LogP contribution in [0.1, 0.15) is 17.9 Å². The van der Waals surface area contributed by atoms with Gasteiger partial charge in [0.2, 0.25) is 0 Å². The van der Waals surface area contributed by atoms with Crippen molar-refractivity contribution in [1.29, 1.82) is 0 Å². The molecule has 1 nitrogen and oxygen atoms in total. The van der Waals surface area contributed by atoms with E-state index in [4.69, 9.17) is 0 Å². The van der Waals surface area contributed by atoms with Crippen LogP contribution in [0.4, 0.5) is 13.2 Å². The van der Waals surface area contributed by atoms with Crippen molar-refractivity contribution in [3.05, 3.63) is 35.1 Å². The summed E-state index contributed by atoms with van der Waals surface area (Å²) in [6.07, 6.45) is 0.752. The third kappa shape index (κ3) is 1.42. The molecule has 1 aliphatic rings. The van der Waals surface area contributed by atoms with Gasteiger partial charge in [-0.1, -0.05) is 0 Å². The maximum Gasteiger partial charge on any atom is 0.161 e. The molecule has 1 aromatic rings. The molecular formula is C9H9F3N+. The zero-order valence-corrected chi connectivity index (χ0v) is 6.86. The van der Waals surface area contributed by atoms with Gasteiger partial charge in [-0.15, -0.1) is 0 Å². The molecule has 0 saturated heterocycles. The highest BCUT2D eigenvalue weighted by Crippen LogP contribution is 2.39. The highest BCUT2D eigenvalue weighted by atomic mass is 19.2. The van der Waals surface area contributed by atoms with E-state index in [1.165, 1.54) is 0 Å². The van der Waals surface area contributed by atoms with E-state index in [0.29, 0.717) is 6.07 Å². The first-order valence-electron chi connectivity index (χ1n) is 4.07. The monoisotopic (exact) mass is 188 g/mol. The second-order valence-electron chi connectivity index (χ2n) is 3.39. The van der Waals surface area contributed by atoms with Gasteiger partial charge < -0.3 is 5.73 Å². The lowest BCUT2D eigenvalue weighted by Crippen LogP contribution is -2.53. The van der Waals surface area contributed by atoms with E-state index in [1.54, 1.807) is 0 Å². The molecule has 2 atom stereocenters. The smallest absolute Gasteiger partial charge is 0.161 e. The summed E-state index contributed by atoms with van der Waals surface area (Å²) in [6.45, 7) is 0. The fraction of sp³-hybridized carbons (Fsp3) is 0.333. The van der Waals surface area contributed by atoms with Crippen LogP contribution in [-0.2, 0) is 0 Å². The van der Waals surface area contributed by atoms with Crippen LogP contribution in [0.25, 0.3) is 0 Å². The standard InChI is InChI=1S/C9H8F3N/c10-6-3-8(12)7(11)1-4(6)5-2-9(5)13/h1,3,5,9H,2,13H2/p+1/t5-,9+/m0/s1. The molecule has 1 aromatic carbocycles. The minimum atomic E-state index is -1.14. The normalized spacial score (nSPS) is 26.2. The van der Waals surface area contributed by atoms with Crippen LogP contribution in [0, 0.1) is 17.5 Å². The summed E-state index contributed by atoms with van der Waals surface area (Å²) >= 11 is 0. The Bertz CT molecular complexity index is 351. The van der Waals surface area contributed by atoms with Gasteiger partial charge in [0.05, 0.1) is 6.04 Å². The lowest BCUT2D eigenvalue weighted by atomic mass is 10.1. The van der Waals surface area contributed by atoms with Gasteiger partial charge in [-0.25, -0.2) is 13.2 Å². The summed E-state index contributed by atoms with van der Waals surface area (Å²) in [5.41, 5.74) is 3.97. The molecule has 0 unspecified atom stereocenters. The second kappa shape index (κ2) is 2.73. The van der Waals surface area contributed by atoms with Gasteiger partial charge in [-0.3, -0.25) is 0 Å². The highest BCUT2D eigenvalue weighted by molar-refractivity contribution is 5.29. The molecule has 0 spiro atoms. The zero-order chi connectivity index (χ0) is 9.59. The number of rotatable bonds is 1. The van der Waals surface area contributed by atoms with Crippen LogP contribution in [0.15, 0.2) is 12.1 Å². The SMILES string of the molecule is [NH3+][C@@H]1C[C@H]1c1cc(F)c(F)cc1F. The van der Waals surface area contributed by atoms with Gasteiger partial charge in [-0.05, 0) is 6.07 Å². The highest BCUT2D eigenvalue weighted by Gasteiger charge is 2.41. The van der Waals surface area contributed by atoms with Gasteiger partial charge in [0.25, 0.3) is 0 Å². The summed E-state index contributed by atoms with van der Waals surface area (Å²) in [7, 11) is 0. The number of benzene rings is 1. The molecule has 3 N–H and O–H groups in total. The maximum atomic E-state index is 13.1. The van der Waals surface area contributed by atoms with Crippen molar-refractivity contribution >= 4 is 0 Å². The predicted molar refractivity (Wildman–Crippen MR) is 40.4 cm³/mol. The molecule has 0 bridgehead atoms. The van der Waals surface area contributed by atoms with E-state index in [-0.39, 0.29) is 17.5 Å². The largest absolute Gasteiger partial charge is 0.355 e. The lowest BCUT2D eigenvalue weighted by molar-refractivity contribution is -0.386. The van der Waals surface area contributed by atoms with Gasteiger partial charge in [-0.2, -0.15) is 0 Å². The predicted octanol–water partition coefficient (Wildman–Crippen LogP) is 1.20. The van der Waals surface area contributed by atoms with Crippen molar-refractivity contribution in [2.75, 3.05) is 0 Å². The van der Waals surface area contributed by atoms with E-state index in [2.05, 4.69) is 5.73 Å². The third-order valence-electron chi connectivity index (χ3n) is 2.36. The van der Waals surface area contributed by atoms with Gasteiger partial charge in [0, 0.05) is 24.0 Å². The summed E-state index contributed by atoms with van der Waals surface area (Å²) in [5, 5.41) is 0. The molecule has 70 valence electrons. The van der Waals surface area contributed by atoms with E-state index in [1.807, 2.05) is 0 Å². The van der Waals surface area contributed by atoms with Crippen molar-refractivity contribution in [2.24, 2.45) is 0 Å². The molecule has 1 saturated carbocycles. The molecule has 13 heavy (non-hydrogen) atoms. The van der Waals surface area contributed by atoms with Crippen LogP contribution in [0.5, 0.6) is 0 Å². The summed E-state index contributed by atoms with van der Waals surface area (Å²) < 4.78 is 38.3. The third-order valence-corrected chi connectivity index (χ3v) is 2.36. The molecule has 0 radical (unpaired) electrons.